The first kappa shape index (κ1) is 20.3. The molecule has 3 rings (SSSR count). The van der Waals surface area contributed by atoms with Crippen LogP contribution in [0.5, 0.6) is 0 Å². The molecular weight excluding hydrogens is 372 g/mol. The second-order valence-electron chi connectivity index (χ2n) is 7.15. The van der Waals surface area contributed by atoms with Crippen LogP contribution in [0.3, 0.4) is 0 Å². The van der Waals surface area contributed by atoms with E-state index >= 15 is 0 Å². The van der Waals surface area contributed by atoms with Crippen molar-refractivity contribution in [1.82, 2.24) is 9.80 Å². The Morgan fingerprint density at radius 1 is 1.14 bits per heavy atom. The van der Waals surface area contributed by atoms with Gasteiger partial charge in [-0.1, -0.05) is 35.9 Å². The molecule has 6 heteroatoms. The van der Waals surface area contributed by atoms with Gasteiger partial charge in [0.25, 0.3) is 0 Å². The molecule has 0 aliphatic carbocycles. The second kappa shape index (κ2) is 9.70. The molecule has 0 atom stereocenters. The number of piperazine rings is 1. The summed E-state index contributed by atoms with van der Waals surface area (Å²) in [5.74, 6) is -0.0388. The van der Waals surface area contributed by atoms with Crippen LogP contribution in [0.25, 0.3) is 0 Å². The van der Waals surface area contributed by atoms with E-state index in [1.807, 2.05) is 6.07 Å². The largest absolute Gasteiger partial charge is 0.326 e. The van der Waals surface area contributed by atoms with E-state index in [1.165, 1.54) is 11.1 Å². The third-order valence-corrected chi connectivity index (χ3v) is 5.46. The number of benzene rings is 2. The zero-order chi connectivity index (χ0) is 19.9. The molecule has 0 saturated carbocycles. The summed E-state index contributed by atoms with van der Waals surface area (Å²) in [4.78, 5) is 17.0. The number of amides is 1. The first-order chi connectivity index (χ1) is 13.5. The number of nitrogens with zero attached hydrogens (tertiary/aromatic N) is 3. The molecule has 1 fully saturated rings. The highest BCUT2D eigenvalue weighted by Crippen LogP contribution is 2.20. The second-order valence-corrected chi connectivity index (χ2v) is 7.56. The molecule has 2 aromatic rings. The maximum atomic E-state index is 12.2. The van der Waals surface area contributed by atoms with Crippen LogP contribution in [0.4, 0.5) is 5.69 Å². The SMILES string of the molecule is Cc1ccccc1CN1CCN(CCC(=O)Nc2ccc(C#N)c(Cl)c2)CC1. The molecule has 28 heavy (non-hydrogen) atoms. The maximum absolute atomic E-state index is 12.2. The number of halogens is 1. The van der Waals surface area contributed by atoms with Gasteiger partial charge < -0.3 is 10.2 Å². The summed E-state index contributed by atoms with van der Waals surface area (Å²) >= 11 is 6.01. The van der Waals surface area contributed by atoms with Gasteiger partial charge in [-0.25, -0.2) is 0 Å². The molecule has 0 bridgehead atoms. The Bertz CT molecular complexity index is 869. The van der Waals surface area contributed by atoms with Gasteiger partial charge in [-0.2, -0.15) is 5.26 Å². The highest BCUT2D eigenvalue weighted by atomic mass is 35.5. The molecule has 5 nitrogen and oxygen atoms in total. The molecule has 1 amide bonds. The number of nitrogens with one attached hydrogen (secondary N) is 1. The Labute approximate surface area is 171 Å². The molecule has 1 aliphatic rings. The van der Waals surface area contributed by atoms with Gasteiger partial charge in [0, 0.05) is 51.4 Å². The van der Waals surface area contributed by atoms with Crippen LogP contribution < -0.4 is 5.32 Å². The Morgan fingerprint density at radius 2 is 1.86 bits per heavy atom. The molecule has 0 spiro atoms. The van der Waals surface area contributed by atoms with Gasteiger partial charge in [0.05, 0.1) is 10.6 Å². The van der Waals surface area contributed by atoms with Crippen molar-refractivity contribution in [3.8, 4) is 6.07 Å². The first-order valence-electron chi connectivity index (χ1n) is 9.54. The van der Waals surface area contributed by atoms with E-state index in [1.54, 1.807) is 18.2 Å². The number of nitriles is 1. The van der Waals surface area contributed by atoms with Gasteiger partial charge in [0.2, 0.25) is 5.91 Å². The van der Waals surface area contributed by atoms with Crippen molar-refractivity contribution in [2.75, 3.05) is 38.0 Å². The number of hydrogen-bond donors (Lipinski definition) is 1. The third kappa shape index (κ3) is 5.56. The average Bonchev–Trinajstić information content (AvgIpc) is 2.69. The highest BCUT2D eigenvalue weighted by molar-refractivity contribution is 6.32. The number of aryl methyl sites for hydroxylation is 1. The van der Waals surface area contributed by atoms with E-state index in [-0.39, 0.29) is 5.91 Å². The highest BCUT2D eigenvalue weighted by Gasteiger charge is 2.18. The predicted octanol–water partition coefficient (Wildman–Crippen LogP) is 3.67. The molecule has 146 valence electrons. The fraction of sp³-hybridized carbons (Fsp3) is 0.364. The van der Waals surface area contributed by atoms with Gasteiger partial charge in [-0.05, 0) is 36.2 Å². The number of anilines is 1. The van der Waals surface area contributed by atoms with Crippen molar-refractivity contribution in [2.24, 2.45) is 0 Å². The van der Waals surface area contributed by atoms with Crippen LogP contribution in [0.15, 0.2) is 42.5 Å². The zero-order valence-electron chi connectivity index (χ0n) is 16.1. The van der Waals surface area contributed by atoms with E-state index in [9.17, 15) is 4.79 Å². The molecule has 1 N–H and O–H groups in total. The van der Waals surface area contributed by atoms with Gasteiger partial charge in [0.15, 0.2) is 0 Å². The lowest BCUT2D eigenvalue weighted by molar-refractivity contribution is -0.116. The summed E-state index contributed by atoms with van der Waals surface area (Å²) in [5, 5.41) is 12.1. The quantitative estimate of drug-likeness (QED) is 0.809. The molecule has 0 unspecified atom stereocenters. The molecule has 0 aromatic heterocycles. The van der Waals surface area contributed by atoms with E-state index < -0.39 is 0 Å². The van der Waals surface area contributed by atoms with Crippen molar-refractivity contribution >= 4 is 23.2 Å². The van der Waals surface area contributed by atoms with Crippen LogP contribution in [0.1, 0.15) is 23.1 Å². The number of carbonyl (C=O) groups excluding carboxylic acids is 1. The van der Waals surface area contributed by atoms with E-state index in [4.69, 9.17) is 16.9 Å². The molecule has 0 radical (unpaired) electrons. The Kier molecular flexibility index (Phi) is 7.05. The Morgan fingerprint density at radius 3 is 2.54 bits per heavy atom. The van der Waals surface area contributed by atoms with Crippen molar-refractivity contribution < 1.29 is 4.79 Å². The van der Waals surface area contributed by atoms with Crippen molar-refractivity contribution in [1.29, 1.82) is 5.26 Å². The van der Waals surface area contributed by atoms with Crippen LogP contribution >= 0.6 is 11.6 Å². The van der Waals surface area contributed by atoms with E-state index in [2.05, 4.69) is 46.3 Å². The fourth-order valence-corrected chi connectivity index (χ4v) is 3.59. The fourth-order valence-electron chi connectivity index (χ4n) is 3.37. The maximum Gasteiger partial charge on any atom is 0.225 e. The zero-order valence-corrected chi connectivity index (χ0v) is 16.9. The summed E-state index contributed by atoms with van der Waals surface area (Å²) in [5.41, 5.74) is 3.75. The molecule has 1 heterocycles. The average molecular weight is 397 g/mol. The van der Waals surface area contributed by atoms with Gasteiger partial charge >= 0.3 is 0 Å². The van der Waals surface area contributed by atoms with Gasteiger partial charge in [-0.15, -0.1) is 0 Å². The number of carbonyl (C=O) groups is 1. The standard InChI is InChI=1S/C22H25ClN4O/c1-17-4-2-3-5-19(17)16-27-12-10-26(11-13-27)9-8-22(28)25-20-7-6-18(15-24)21(23)14-20/h2-7,14H,8-13,16H2,1H3,(H,25,28). The minimum atomic E-state index is -0.0388. The summed E-state index contributed by atoms with van der Waals surface area (Å²) in [6, 6.07) is 15.5. The van der Waals surface area contributed by atoms with Crippen molar-refractivity contribution in [3.63, 3.8) is 0 Å². The molecule has 1 aliphatic heterocycles. The summed E-state index contributed by atoms with van der Waals surface area (Å²) < 4.78 is 0. The smallest absolute Gasteiger partial charge is 0.225 e. The molecular formula is C22H25ClN4O. The van der Waals surface area contributed by atoms with Crippen LogP contribution in [0, 0.1) is 18.3 Å². The Hall–Kier alpha value is -2.39. The number of hydrogen-bond acceptors (Lipinski definition) is 4. The lowest BCUT2D eigenvalue weighted by Gasteiger charge is -2.34. The van der Waals surface area contributed by atoms with Crippen molar-refractivity contribution in [3.05, 3.63) is 64.2 Å². The minimum Gasteiger partial charge on any atom is -0.326 e. The van der Waals surface area contributed by atoms with Crippen LogP contribution in [-0.4, -0.2) is 48.4 Å². The van der Waals surface area contributed by atoms with Crippen molar-refractivity contribution in [2.45, 2.75) is 19.9 Å². The van der Waals surface area contributed by atoms with Gasteiger partial charge in [-0.3, -0.25) is 9.69 Å². The van der Waals surface area contributed by atoms with Gasteiger partial charge in [0.1, 0.15) is 6.07 Å². The summed E-state index contributed by atoms with van der Waals surface area (Å²) in [6.07, 6.45) is 0.440. The third-order valence-electron chi connectivity index (χ3n) is 5.15. The lowest BCUT2D eigenvalue weighted by Crippen LogP contribution is -2.46. The monoisotopic (exact) mass is 396 g/mol. The number of rotatable bonds is 6. The topological polar surface area (TPSA) is 59.4 Å². The molecule has 2 aromatic carbocycles. The summed E-state index contributed by atoms with van der Waals surface area (Å²) in [6.45, 7) is 7.87. The minimum absolute atomic E-state index is 0.0388. The van der Waals surface area contributed by atoms with E-state index in [0.29, 0.717) is 22.7 Å². The lowest BCUT2D eigenvalue weighted by atomic mass is 10.1. The normalized spacial score (nSPS) is 15.2. The first-order valence-corrected chi connectivity index (χ1v) is 9.91. The summed E-state index contributed by atoms with van der Waals surface area (Å²) in [7, 11) is 0. The predicted molar refractivity (Wildman–Crippen MR) is 112 cm³/mol. The molecule has 1 saturated heterocycles. The Balaban J connectivity index is 1.40. The van der Waals surface area contributed by atoms with Crippen LogP contribution in [0.2, 0.25) is 5.02 Å². The van der Waals surface area contributed by atoms with Crippen LogP contribution in [-0.2, 0) is 11.3 Å². The van der Waals surface area contributed by atoms with E-state index in [0.717, 1.165) is 39.3 Å².